The van der Waals surface area contributed by atoms with E-state index < -0.39 is 11.7 Å². The van der Waals surface area contributed by atoms with E-state index >= 15 is 0 Å². The first-order chi connectivity index (χ1) is 11.2. The summed E-state index contributed by atoms with van der Waals surface area (Å²) >= 11 is 0. The molecule has 0 saturated carbocycles. The third-order valence-corrected chi connectivity index (χ3v) is 4.07. The SMILES string of the molecule is CCCCCC(F)=C(F)c1ccc(-c2ccc(CC)cc2)cc1. The Labute approximate surface area is 137 Å². The summed E-state index contributed by atoms with van der Waals surface area (Å²) in [4.78, 5) is 0. The quantitative estimate of drug-likeness (QED) is 0.478. The van der Waals surface area contributed by atoms with Gasteiger partial charge in [-0.1, -0.05) is 75.2 Å². The molecule has 0 N–H and O–H groups in total. The number of halogens is 2. The predicted molar refractivity (Wildman–Crippen MR) is 94.5 cm³/mol. The average molecular weight is 314 g/mol. The summed E-state index contributed by atoms with van der Waals surface area (Å²) in [6.45, 7) is 4.16. The Bertz CT molecular complexity index is 637. The van der Waals surface area contributed by atoms with Crippen molar-refractivity contribution in [3.63, 3.8) is 0 Å². The normalized spacial score (nSPS) is 12.2. The zero-order valence-electron chi connectivity index (χ0n) is 13.9. The van der Waals surface area contributed by atoms with Crippen molar-refractivity contribution in [3.05, 3.63) is 65.5 Å². The summed E-state index contributed by atoms with van der Waals surface area (Å²) in [5.74, 6) is -1.37. The van der Waals surface area contributed by atoms with Crippen LogP contribution in [0.4, 0.5) is 8.78 Å². The van der Waals surface area contributed by atoms with Crippen LogP contribution in [0.5, 0.6) is 0 Å². The Morgan fingerprint density at radius 2 is 1.35 bits per heavy atom. The molecule has 122 valence electrons. The van der Waals surface area contributed by atoms with Gasteiger partial charge in [-0.2, -0.15) is 0 Å². The molecular formula is C21H24F2. The summed E-state index contributed by atoms with van der Waals surface area (Å²) in [5, 5.41) is 0. The van der Waals surface area contributed by atoms with Crippen LogP contribution in [0.3, 0.4) is 0 Å². The van der Waals surface area contributed by atoms with E-state index in [0.29, 0.717) is 12.0 Å². The van der Waals surface area contributed by atoms with E-state index in [1.807, 2.05) is 19.1 Å². The van der Waals surface area contributed by atoms with Gasteiger partial charge in [0.15, 0.2) is 5.83 Å². The second-order valence-corrected chi connectivity index (χ2v) is 5.80. The van der Waals surface area contributed by atoms with Crippen molar-refractivity contribution in [2.75, 3.05) is 0 Å². The fourth-order valence-corrected chi connectivity index (χ4v) is 2.54. The Morgan fingerprint density at radius 3 is 1.87 bits per heavy atom. The minimum Gasteiger partial charge on any atom is -0.209 e. The highest BCUT2D eigenvalue weighted by molar-refractivity contribution is 5.68. The lowest BCUT2D eigenvalue weighted by molar-refractivity contribution is 0.541. The van der Waals surface area contributed by atoms with Gasteiger partial charge in [-0.15, -0.1) is 0 Å². The van der Waals surface area contributed by atoms with Gasteiger partial charge in [0.25, 0.3) is 0 Å². The Morgan fingerprint density at radius 1 is 0.783 bits per heavy atom. The number of unbranched alkanes of at least 4 members (excludes halogenated alkanes) is 2. The van der Waals surface area contributed by atoms with Crippen molar-refractivity contribution in [1.29, 1.82) is 0 Å². The smallest absolute Gasteiger partial charge is 0.161 e. The van der Waals surface area contributed by atoms with Crippen LogP contribution in [0, 0.1) is 0 Å². The number of rotatable bonds is 7. The Balaban J connectivity index is 2.13. The lowest BCUT2D eigenvalue weighted by Crippen LogP contribution is -1.86. The summed E-state index contributed by atoms with van der Waals surface area (Å²) in [5.41, 5.74) is 3.69. The zero-order chi connectivity index (χ0) is 16.7. The van der Waals surface area contributed by atoms with Crippen LogP contribution < -0.4 is 0 Å². The molecule has 0 spiro atoms. The molecule has 2 aromatic carbocycles. The maximum absolute atomic E-state index is 14.1. The van der Waals surface area contributed by atoms with Gasteiger partial charge in [0.05, 0.1) is 0 Å². The van der Waals surface area contributed by atoms with Crippen LogP contribution in [0.15, 0.2) is 54.4 Å². The van der Waals surface area contributed by atoms with Crippen molar-refractivity contribution >= 4 is 5.83 Å². The van der Waals surface area contributed by atoms with E-state index in [9.17, 15) is 8.78 Å². The molecule has 2 aromatic rings. The van der Waals surface area contributed by atoms with E-state index in [1.54, 1.807) is 12.1 Å². The van der Waals surface area contributed by atoms with Crippen molar-refractivity contribution in [2.45, 2.75) is 46.0 Å². The summed E-state index contributed by atoms with van der Waals surface area (Å²) < 4.78 is 27.9. The highest BCUT2D eigenvalue weighted by Gasteiger charge is 2.09. The molecule has 0 aliphatic rings. The van der Waals surface area contributed by atoms with E-state index in [1.165, 1.54) is 5.56 Å². The van der Waals surface area contributed by atoms with Gasteiger partial charge < -0.3 is 0 Å². The molecule has 0 aliphatic carbocycles. The fraction of sp³-hybridized carbons (Fsp3) is 0.333. The molecule has 0 aliphatic heterocycles. The van der Waals surface area contributed by atoms with Crippen LogP contribution in [-0.2, 0) is 6.42 Å². The topological polar surface area (TPSA) is 0 Å². The van der Waals surface area contributed by atoms with Crippen LogP contribution in [0.2, 0.25) is 0 Å². The molecule has 2 heteroatoms. The van der Waals surface area contributed by atoms with Crippen LogP contribution in [-0.4, -0.2) is 0 Å². The monoisotopic (exact) mass is 314 g/mol. The molecule has 2 rings (SSSR count). The molecule has 0 nitrogen and oxygen atoms in total. The lowest BCUT2D eigenvalue weighted by atomic mass is 10.0. The maximum Gasteiger partial charge on any atom is 0.161 e. The van der Waals surface area contributed by atoms with E-state index in [4.69, 9.17) is 0 Å². The van der Waals surface area contributed by atoms with Gasteiger partial charge in [0.1, 0.15) is 5.83 Å². The first-order valence-electron chi connectivity index (χ1n) is 8.39. The van der Waals surface area contributed by atoms with Crippen molar-refractivity contribution in [3.8, 4) is 11.1 Å². The molecule has 0 unspecified atom stereocenters. The molecule has 0 heterocycles. The third kappa shape index (κ3) is 4.75. The van der Waals surface area contributed by atoms with Crippen molar-refractivity contribution in [2.24, 2.45) is 0 Å². The van der Waals surface area contributed by atoms with Gasteiger partial charge in [-0.25, -0.2) is 8.78 Å². The molecule has 0 aromatic heterocycles. The van der Waals surface area contributed by atoms with Gasteiger partial charge in [0, 0.05) is 12.0 Å². The lowest BCUT2D eigenvalue weighted by Gasteiger charge is -2.06. The molecule has 0 atom stereocenters. The molecule has 0 radical (unpaired) electrons. The first-order valence-corrected chi connectivity index (χ1v) is 8.39. The Hall–Kier alpha value is -1.96. The maximum atomic E-state index is 14.1. The van der Waals surface area contributed by atoms with Crippen LogP contribution in [0.1, 0.15) is 50.7 Å². The fourth-order valence-electron chi connectivity index (χ4n) is 2.54. The van der Waals surface area contributed by atoms with Gasteiger partial charge >= 0.3 is 0 Å². The van der Waals surface area contributed by atoms with Gasteiger partial charge in [0.2, 0.25) is 0 Å². The molecular weight excluding hydrogens is 290 g/mol. The van der Waals surface area contributed by atoms with Crippen LogP contribution >= 0.6 is 0 Å². The second kappa shape index (κ2) is 8.61. The minimum absolute atomic E-state index is 0.180. The molecule has 23 heavy (non-hydrogen) atoms. The summed E-state index contributed by atoms with van der Waals surface area (Å²) in [6, 6.07) is 15.3. The highest BCUT2D eigenvalue weighted by atomic mass is 19.2. The number of hydrogen-bond acceptors (Lipinski definition) is 0. The van der Waals surface area contributed by atoms with E-state index in [2.05, 4.69) is 31.2 Å². The Kier molecular flexibility index (Phi) is 6.52. The van der Waals surface area contributed by atoms with Crippen molar-refractivity contribution in [1.82, 2.24) is 0 Å². The standard InChI is InChI=1S/C21H24F2/c1-3-5-6-7-20(22)21(23)19-14-12-18(13-15-19)17-10-8-16(4-2)9-11-17/h8-15H,3-7H2,1-2H3. The number of benzene rings is 2. The molecule has 0 saturated heterocycles. The summed E-state index contributed by atoms with van der Waals surface area (Å²) in [6.07, 6.45) is 3.80. The molecule has 0 amide bonds. The van der Waals surface area contributed by atoms with Crippen molar-refractivity contribution < 1.29 is 8.78 Å². The zero-order valence-corrected chi connectivity index (χ0v) is 13.9. The highest BCUT2D eigenvalue weighted by Crippen LogP contribution is 2.27. The number of hydrogen-bond donors (Lipinski definition) is 0. The second-order valence-electron chi connectivity index (χ2n) is 5.80. The number of aryl methyl sites for hydroxylation is 1. The summed E-state index contributed by atoms with van der Waals surface area (Å²) in [7, 11) is 0. The third-order valence-electron chi connectivity index (χ3n) is 4.07. The molecule has 0 fully saturated rings. The number of allylic oxidation sites excluding steroid dienone is 1. The van der Waals surface area contributed by atoms with Crippen LogP contribution in [0.25, 0.3) is 17.0 Å². The predicted octanol–water partition coefficient (Wildman–Crippen LogP) is 7.10. The van der Waals surface area contributed by atoms with E-state index in [-0.39, 0.29) is 6.42 Å². The molecule has 0 bridgehead atoms. The average Bonchev–Trinajstić information content (AvgIpc) is 2.61. The minimum atomic E-state index is -0.728. The van der Waals surface area contributed by atoms with Gasteiger partial charge in [-0.05, 0) is 29.5 Å². The largest absolute Gasteiger partial charge is 0.209 e. The van der Waals surface area contributed by atoms with E-state index in [0.717, 1.165) is 30.4 Å². The van der Waals surface area contributed by atoms with Gasteiger partial charge in [-0.3, -0.25) is 0 Å². The first kappa shape index (κ1) is 17.4.